The van der Waals surface area contributed by atoms with Crippen molar-refractivity contribution in [3.8, 4) is 5.75 Å². The molecule has 0 unspecified atom stereocenters. The van der Waals surface area contributed by atoms with Crippen LogP contribution < -0.4 is 10.1 Å². The number of amides is 1. The van der Waals surface area contributed by atoms with Crippen LogP contribution in [0.15, 0.2) is 46.9 Å². The molecule has 0 atom stereocenters. The van der Waals surface area contributed by atoms with Gasteiger partial charge in [-0.1, -0.05) is 11.6 Å². The van der Waals surface area contributed by atoms with Gasteiger partial charge in [0.15, 0.2) is 5.76 Å². The van der Waals surface area contributed by atoms with Gasteiger partial charge in [0.1, 0.15) is 11.3 Å². The van der Waals surface area contributed by atoms with Gasteiger partial charge in [-0.2, -0.15) is 0 Å². The van der Waals surface area contributed by atoms with Crippen molar-refractivity contribution in [3.05, 3.63) is 59.4 Å². The van der Waals surface area contributed by atoms with Crippen LogP contribution in [0.2, 0.25) is 0 Å². The number of aryl methyl sites for hydroxylation is 1. The highest BCUT2D eigenvalue weighted by Gasteiger charge is 2.13. The summed E-state index contributed by atoms with van der Waals surface area (Å²) in [6.45, 7) is 4.21. The summed E-state index contributed by atoms with van der Waals surface area (Å²) in [4.78, 5) is 12.4. The maximum atomic E-state index is 12.4. The molecule has 1 heterocycles. The Bertz CT molecular complexity index is 882. The number of nitrogens with one attached hydrogen (secondary N) is 1. The summed E-state index contributed by atoms with van der Waals surface area (Å²) in [6.07, 6.45) is 0. The van der Waals surface area contributed by atoms with Gasteiger partial charge >= 0.3 is 0 Å². The summed E-state index contributed by atoms with van der Waals surface area (Å²) >= 11 is 0. The first-order valence-corrected chi connectivity index (χ1v) is 7.79. The van der Waals surface area contributed by atoms with Gasteiger partial charge in [-0.3, -0.25) is 4.79 Å². The van der Waals surface area contributed by atoms with Gasteiger partial charge in [0.2, 0.25) is 0 Å². The molecule has 0 saturated heterocycles. The fourth-order valence-electron chi connectivity index (χ4n) is 2.54. The number of ether oxygens (including phenoxy) is 1. The minimum Gasteiger partial charge on any atom is -0.494 e. The molecule has 124 valence electrons. The van der Waals surface area contributed by atoms with E-state index < -0.39 is 0 Å². The largest absolute Gasteiger partial charge is 0.494 e. The molecule has 5 heteroatoms. The second-order valence-electron chi connectivity index (χ2n) is 5.52. The van der Waals surface area contributed by atoms with E-state index in [0.29, 0.717) is 29.2 Å². The van der Waals surface area contributed by atoms with E-state index in [0.717, 1.165) is 10.9 Å². The molecule has 0 radical (unpaired) electrons. The Labute approximate surface area is 139 Å². The van der Waals surface area contributed by atoms with E-state index in [2.05, 4.69) is 5.32 Å². The minimum atomic E-state index is -0.336. The Morgan fingerprint density at radius 3 is 2.79 bits per heavy atom. The molecule has 0 spiro atoms. The molecule has 2 aromatic carbocycles. The molecule has 0 saturated carbocycles. The standard InChI is InChI=1S/C19H19NO4/c1-3-23-16-7-5-15(9-14(16)11-21)20-19(22)18-10-13-8-12(2)4-6-17(13)24-18/h4-10,21H,3,11H2,1-2H3,(H,20,22). The van der Waals surface area contributed by atoms with Crippen molar-refractivity contribution in [3.63, 3.8) is 0 Å². The van der Waals surface area contributed by atoms with Gasteiger partial charge in [-0.15, -0.1) is 0 Å². The lowest BCUT2D eigenvalue weighted by Crippen LogP contribution is -2.11. The van der Waals surface area contributed by atoms with Gasteiger partial charge in [0, 0.05) is 16.6 Å². The molecule has 0 fully saturated rings. The zero-order chi connectivity index (χ0) is 17.1. The minimum absolute atomic E-state index is 0.164. The van der Waals surface area contributed by atoms with Crippen molar-refractivity contribution in [1.29, 1.82) is 0 Å². The van der Waals surface area contributed by atoms with Crippen LogP contribution in [0.4, 0.5) is 5.69 Å². The topological polar surface area (TPSA) is 71.7 Å². The number of hydrogen-bond donors (Lipinski definition) is 2. The molecule has 3 aromatic rings. The lowest BCUT2D eigenvalue weighted by molar-refractivity contribution is 0.0998. The summed E-state index contributed by atoms with van der Waals surface area (Å²) in [5, 5.41) is 13.1. The molecular formula is C19H19NO4. The molecular weight excluding hydrogens is 306 g/mol. The van der Waals surface area contributed by atoms with Crippen molar-refractivity contribution < 1.29 is 19.1 Å². The van der Waals surface area contributed by atoms with E-state index in [1.165, 1.54) is 0 Å². The fraction of sp³-hybridized carbons (Fsp3) is 0.211. The van der Waals surface area contributed by atoms with Gasteiger partial charge in [0.05, 0.1) is 13.2 Å². The SMILES string of the molecule is CCOc1ccc(NC(=O)c2cc3cc(C)ccc3o2)cc1CO. The monoisotopic (exact) mass is 325 g/mol. The Kier molecular flexibility index (Phi) is 4.53. The molecule has 1 amide bonds. The van der Waals surface area contributed by atoms with E-state index >= 15 is 0 Å². The summed E-state index contributed by atoms with van der Waals surface area (Å²) in [7, 11) is 0. The van der Waals surface area contributed by atoms with Crippen molar-refractivity contribution in [2.45, 2.75) is 20.5 Å². The summed E-state index contributed by atoms with van der Waals surface area (Å²) in [6, 6.07) is 12.6. The fourth-order valence-corrected chi connectivity index (χ4v) is 2.54. The van der Waals surface area contributed by atoms with Crippen LogP contribution in [0.5, 0.6) is 5.75 Å². The van der Waals surface area contributed by atoms with Crippen molar-refractivity contribution in [1.82, 2.24) is 0 Å². The van der Waals surface area contributed by atoms with Gasteiger partial charge in [-0.25, -0.2) is 0 Å². The highest BCUT2D eigenvalue weighted by Crippen LogP contribution is 2.25. The maximum Gasteiger partial charge on any atom is 0.291 e. The van der Waals surface area contributed by atoms with Crippen LogP contribution in [0.25, 0.3) is 11.0 Å². The van der Waals surface area contributed by atoms with Crippen molar-refractivity contribution >= 4 is 22.6 Å². The number of aliphatic hydroxyl groups excluding tert-OH is 1. The number of furan rings is 1. The first-order chi connectivity index (χ1) is 11.6. The Morgan fingerprint density at radius 2 is 2.04 bits per heavy atom. The van der Waals surface area contributed by atoms with Crippen LogP contribution in [0, 0.1) is 6.92 Å². The number of anilines is 1. The average Bonchev–Trinajstić information content (AvgIpc) is 2.99. The number of aliphatic hydroxyl groups is 1. The molecule has 0 aliphatic heterocycles. The Balaban J connectivity index is 1.82. The summed E-state index contributed by atoms with van der Waals surface area (Å²) in [5.41, 5.74) is 2.97. The summed E-state index contributed by atoms with van der Waals surface area (Å²) < 4.78 is 11.0. The number of benzene rings is 2. The lowest BCUT2D eigenvalue weighted by atomic mass is 10.1. The molecule has 2 N–H and O–H groups in total. The predicted octanol–water partition coefficient (Wildman–Crippen LogP) is 3.88. The van der Waals surface area contributed by atoms with Gasteiger partial charge in [-0.05, 0) is 50.2 Å². The van der Waals surface area contributed by atoms with E-state index in [4.69, 9.17) is 9.15 Å². The number of rotatable bonds is 5. The van der Waals surface area contributed by atoms with Crippen molar-refractivity contribution in [2.24, 2.45) is 0 Å². The summed E-state index contributed by atoms with van der Waals surface area (Å²) in [5.74, 6) is 0.518. The normalized spacial score (nSPS) is 10.8. The third-order valence-corrected chi connectivity index (χ3v) is 3.68. The first-order valence-electron chi connectivity index (χ1n) is 7.79. The number of carbonyl (C=O) groups excluding carboxylic acids is 1. The second kappa shape index (κ2) is 6.76. The highest BCUT2D eigenvalue weighted by atomic mass is 16.5. The van der Waals surface area contributed by atoms with E-state index in [1.54, 1.807) is 24.3 Å². The third kappa shape index (κ3) is 3.26. The number of hydrogen-bond acceptors (Lipinski definition) is 4. The number of carbonyl (C=O) groups is 1. The molecule has 5 nitrogen and oxygen atoms in total. The quantitative estimate of drug-likeness (QED) is 0.746. The van der Waals surface area contributed by atoms with Crippen LogP contribution in [-0.4, -0.2) is 17.6 Å². The lowest BCUT2D eigenvalue weighted by Gasteiger charge is -2.10. The number of fused-ring (bicyclic) bond motifs is 1. The zero-order valence-electron chi connectivity index (χ0n) is 13.6. The molecule has 3 rings (SSSR count). The van der Waals surface area contributed by atoms with E-state index in [-0.39, 0.29) is 18.3 Å². The van der Waals surface area contributed by atoms with Crippen LogP contribution in [-0.2, 0) is 6.61 Å². The maximum absolute atomic E-state index is 12.4. The third-order valence-electron chi connectivity index (χ3n) is 3.68. The van der Waals surface area contributed by atoms with Crippen LogP contribution in [0.1, 0.15) is 28.6 Å². The molecule has 0 aliphatic rings. The van der Waals surface area contributed by atoms with E-state index in [9.17, 15) is 9.90 Å². The highest BCUT2D eigenvalue weighted by molar-refractivity contribution is 6.04. The molecule has 0 bridgehead atoms. The molecule has 1 aromatic heterocycles. The first kappa shape index (κ1) is 16.1. The van der Waals surface area contributed by atoms with Crippen molar-refractivity contribution in [2.75, 3.05) is 11.9 Å². The second-order valence-corrected chi connectivity index (χ2v) is 5.52. The van der Waals surface area contributed by atoms with E-state index in [1.807, 2.05) is 32.0 Å². The predicted molar refractivity (Wildman–Crippen MR) is 92.4 cm³/mol. The van der Waals surface area contributed by atoms with Gasteiger partial charge < -0.3 is 19.6 Å². The average molecular weight is 325 g/mol. The Morgan fingerprint density at radius 1 is 1.21 bits per heavy atom. The molecule has 24 heavy (non-hydrogen) atoms. The molecule has 0 aliphatic carbocycles. The van der Waals surface area contributed by atoms with Crippen LogP contribution >= 0.6 is 0 Å². The Hall–Kier alpha value is -2.79. The van der Waals surface area contributed by atoms with Crippen LogP contribution in [0.3, 0.4) is 0 Å². The zero-order valence-corrected chi connectivity index (χ0v) is 13.6. The smallest absolute Gasteiger partial charge is 0.291 e. The van der Waals surface area contributed by atoms with Gasteiger partial charge in [0.25, 0.3) is 5.91 Å².